The maximum atomic E-state index is 11.8. The van der Waals surface area contributed by atoms with Gasteiger partial charge in [-0.15, -0.1) is 0 Å². The van der Waals surface area contributed by atoms with E-state index in [2.05, 4.69) is 157 Å². The summed E-state index contributed by atoms with van der Waals surface area (Å²) >= 11 is 0. The Labute approximate surface area is 365 Å². The van der Waals surface area contributed by atoms with Crippen LogP contribution in [0.5, 0.6) is 5.75 Å². The Bertz CT molecular complexity index is 2660. The van der Waals surface area contributed by atoms with E-state index in [1.165, 1.54) is 18.2 Å². The zero-order chi connectivity index (χ0) is 43.5. The van der Waals surface area contributed by atoms with Crippen LogP contribution in [0.4, 0.5) is 38.9 Å². The lowest BCUT2D eigenvalue weighted by molar-refractivity contribution is 0.101. The number of nitrogens with zero attached hydrogens (tertiary/aromatic N) is 2. The molecule has 0 bridgehead atoms. The highest BCUT2D eigenvalue weighted by atomic mass is 16.7. The van der Waals surface area contributed by atoms with Crippen LogP contribution in [0, 0.1) is 6.92 Å². The van der Waals surface area contributed by atoms with Crippen LogP contribution in [-0.2, 0) is 10.2 Å². The summed E-state index contributed by atoms with van der Waals surface area (Å²) in [6.07, 6.45) is -0.708. The molecule has 0 radical (unpaired) electrons. The average Bonchev–Trinajstić information content (AvgIpc) is 3.32. The molecule has 8 rings (SSSR count). The third-order valence-corrected chi connectivity index (χ3v) is 10.9. The summed E-state index contributed by atoms with van der Waals surface area (Å²) in [7, 11) is 1.29. The van der Waals surface area contributed by atoms with Crippen LogP contribution in [0.1, 0.15) is 47.8 Å². The Hall–Kier alpha value is -7.70. The van der Waals surface area contributed by atoms with Gasteiger partial charge in [0.15, 0.2) is 5.78 Å². The molecule has 0 aromatic heterocycles. The van der Waals surface area contributed by atoms with Gasteiger partial charge in [0, 0.05) is 45.1 Å². The summed E-state index contributed by atoms with van der Waals surface area (Å²) in [5.41, 5.74) is 13.0. The highest BCUT2D eigenvalue weighted by Crippen LogP contribution is 2.38. The van der Waals surface area contributed by atoms with E-state index in [-0.39, 0.29) is 11.2 Å². The van der Waals surface area contributed by atoms with Crippen LogP contribution in [0.2, 0.25) is 0 Å². The van der Waals surface area contributed by atoms with Crippen molar-refractivity contribution in [3.05, 3.63) is 235 Å². The van der Waals surface area contributed by atoms with Gasteiger partial charge in [-0.2, -0.15) is 0 Å². The minimum Gasteiger partial charge on any atom is -0.437 e. The molecule has 0 aliphatic carbocycles. The van der Waals surface area contributed by atoms with Crippen LogP contribution in [0.15, 0.2) is 212 Å². The van der Waals surface area contributed by atoms with Gasteiger partial charge in [-0.05, 0) is 133 Å². The summed E-state index contributed by atoms with van der Waals surface area (Å²) in [6, 6.07) is 72.3. The number of para-hydroxylation sites is 2. The van der Waals surface area contributed by atoms with E-state index < -0.39 is 6.16 Å². The largest absolute Gasteiger partial charge is 0.513 e. The molecule has 0 saturated heterocycles. The Morgan fingerprint density at radius 3 is 1.19 bits per heavy atom. The fourth-order valence-corrected chi connectivity index (χ4v) is 7.29. The number of aryl methyl sites for hydroxylation is 1. The molecule has 0 spiro atoms. The first-order valence-electron chi connectivity index (χ1n) is 20.6. The van der Waals surface area contributed by atoms with Crippen molar-refractivity contribution in [2.45, 2.75) is 33.1 Å². The topological polar surface area (TPSA) is 59.1 Å². The van der Waals surface area contributed by atoms with Gasteiger partial charge >= 0.3 is 6.16 Å². The summed E-state index contributed by atoms with van der Waals surface area (Å²) in [4.78, 5) is 27.4. The summed E-state index contributed by atoms with van der Waals surface area (Å²) in [5, 5.41) is 0. The van der Waals surface area contributed by atoms with Gasteiger partial charge in [0.05, 0.1) is 7.11 Å². The molecule has 8 aromatic rings. The Kier molecular flexibility index (Phi) is 13.4. The second-order valence-corrected chi connectivity index (χ2v) is 15.4. The highest BCUT2D eigenvalue weighted by Gasteiger charge is 2.23. The number of rotatable bonds is 11. The van der Waals surface area contributed by atoms with E-state index in [4.69, 9.17) is 4.74 Å². The van der Waals surface area contributed by atoms with Crippen molar-refractivity contribution in [3.8, 4) is 16.9 Å². The lowest BCUT2D eigenvalue weighted by atomic mass is 9.78. The molecule has 308 valence electrons. The minimum absolute atomic E-state index is 0.0638. The molecule has 0 fully saturated rings. The van der Waals surface area contributed by atoms with Crippen LogP contribution in [0.3, 0.4) is 0 Å². The molecule has 0 aliphatic heterocycles. The van der Waals surface area contributed by atoms with E-state index >= 15 is 0 Å². The molecular formula is C56H50N2O4. The zero-order valence-corrected chi connectivity index (χ0v) is 35.7. The van der Waals surface area contributed by atoms with Crippen LogP contribution in [-0.4, -0.2) is 19.0 Å². The number of methoxy groups -OCH3 is 1. The van der Waals surface area contributed by atoms with E-state index in [1.54, 1.807) is 19.1 Å². The third kappa shape index (κ3) is 10.2. The van der Waals surface area contributed by atoms with Crippen molar-refractivity contribution >= 4 is 46.1 Å². The van der Waals surface area contributed by atoms with Gasteiger partial charge in [0.2, 0.25) is 0 Å². The molecule has 0 saturated carbocycles. The standard InChI is InChI=1S/C39H32N2O.C17H18O3/c1-29-13-21-36(22-14-29)40(34-9-5-3-6-10-34)38-25-17-32(18-26-38)33-19-27-39(28-20-33)41(35-11-7-4-8-12-35)37-23-15-31(16-24-37)30(2)42;1-17(2,13-7-5-4-6-8-13)14-9-11-15(12-10-14)20-16(18)19-3/h3-28H,1-2H3;4-12H,1-3H3. The average molecular weight is 815 g/mol. The maximum absolute atomic E-state index is 11.8. The number of ketones is 1. The fourth-order valence-electron chi connectivity index (χ4n) is 7.29. The molecule has 0 atom stereocenters. The molecule has 0 heterocycles. The smallest absolute Gasteiger partial charge is 0.437 e. The molecule has 6 heteroatoms. The normalized spacial score (nSPS) is 10.8. The molecule has 8 aromatic carbocycles. The highest BCUT2D eigenvalue weighted by molar-refractivity contribution is 5.94. The van der Waals surface area contributed by atoms with Crippen molar-refractivity contribution in [2.75, 3.05) is 16.9 Å². The van der Waals surface area contributed by atoms with Gasteiger partial charge in [-0.25, -0.2) is 4.79 Å². The number of carbonyl (C=O) groups is 2. The third-order valence-electron chi connectivity index (χ3n) is 10.9. The number of hydrogen-bond acceptors (Lipinski definition) is 6. The van der Waals surface area contributed by atoms with Gasteiger partial charge in [0.1, 0.15) is 5.75 Å². The van der Waals surface area contributed by atoms with E-state index in [0.29, 0.717) is 11.3 Å². The minimum atomic E-state index is -0.708. The molecule has 0 unspecified atom stereocenters. The summed E-state index contributed by atoms with van der Waals surface area (Å²) in [5.74, 6) is 0.540. The van der Waals surface area contributed by atoms with Crippen LogP contribution in [0.25, 0.3) is 11.1 Å². The first-order valence-corrected chi connectivity index (χ1v) is 20.6. The predicted molar refractivity (Wildman–Crippen MR) is 254 cm³/mol. The molecule has 0 amide bonds. The second kappa shape index (κ2) is 19.6. The Balaban J connectivity index is 0.000000242. The van der Waals surface area contributed by atoms with Crippen molar-refractivity contribution < 1.29 is 19.1 Å². The number of ether oxygens (including phenoxy) is 2. The fraction of sp³-hybridized carbons (Fsp3) is 0.107. The monoisotopic (exact) mass is 814 g/mol. The maximum Gasteiger partial charge on any atom is 0.513 e. The second-order valence-electron chi connectivity index (χ2n) is 15.4. The molecule has 0 N–H and O–H groups in total. The number of anilines is 6. The predicted octanol–water partition coefficient (Wildman–Crippen LogP) is 15.0. The first-order chi connectivity index (χ1) is 30.1. The molecule has 0 aliphatic rings. The van der Waals surface area contributed by atoms with Crippen molar-refractivity contribution in [1.82, 2.24) is 0 Å². The zero-order valence-electron chi connectivity index (χ0n) is 35.7. The van der Waals surface area contributed by atoms with Crippen molar-refractivity contribution in [3.63, 3.8) is 0 Å². The summed E-state index contributed by atoms with van der Waals surface area (Å²) < 4.78 is 9.44. The quantitative estimate of drug-likeness (QED) is 0.0736. The van der Waals surface area contributed by atoms with Crippen molar-refractivity contribution in [1.29, 1.82) is 0 Å². The SMILES string of the molecule is CC(=O)c1ccc(N(c2ccccc2)c2ccc(-c3ccc(N(c4ccccc4)c4ccc(C)cc4)cc3)cc2)cc1.COC(=O)Oc1ccc(C(C)(C)c2ccccc2)cc1. The number of benzene rings is 8. The first kappa shape index (κ1) is 42.4. The number of hydrogen-bond donors (Lipinski definition) is 0. The van der Waals surface area contributed by atoms with Crippen molar-refractivity contribution in [2.24, 2.45) is 0 Å². The van der Waals surface area contributed by atoms with Gasteiger partial charge in [-0.1, -0.05) is 135 Å². The van der Waals surface area contributed by atoms with E-state index in [1.807, 2.05) is 78.9 Å². The van der Waals surface area contributed by atoms with Gasteiger partial charge in [0.25, 0.3) is 0 Å². The van der Waals surface area contributed by atoms with Gasteiger partial charge in [-0.3, -0.25) is 4.79 Å². The molecule has 62 heavy (non-hydrogen) atoms. The number of carbonyl (C=O) groups excluding carboxylic acids is 2. The summed E-state index contributed by atoms with van der Waals surface area (Å²) in [6.45, 7) is 8.04. The van der Waals surface area contributed by atoms with Crippen LogP contribution < -0.4 is 14.5 Å². The van der Waals surface area contributed by atoms with Crippen LogP contribution >= 0.6 is 0 Å². The van der Waals surface area contributed by atoms with Gasteiger partial charge < -0.3 is 19.3 Å². The van der Waals surface area contributed by atoms with E-state index in [0.717, 1.165) is 50.8 Å². The Morgan fingerprint density at radius 1 is 0.435 bits per heavy atom. The lowest BCUT2D eigenvalue weighted by Crippen LogP contribution is -2.18. The number of Topliss-reactive ketones (excluding diaryl/α,β-unsaturated/α-hetero) is 1. The lowest BCUT2D eigenvalue weighted by Gasteiger charge is -2.26. The molecule has 6 nitrogen and oxygen atoms in total. The van der Waals surface area contributed by atoms with E-state index in [9.17, 15) is 9.59 Å². The Morgan fingerprint density at radius 2 is 0.790 bits per heavy atom. The molecular weight excluding hydrogens is 765 g/mol.